The van der Waals surface area contributed by atoms with E-state index in [1.165, 1.54) is 0 Å². The number of nitrogens with one attached hydrogen (secondary N) is 2. The summed E-state index contributed by atoms with van der Waals surface area (Å²) in [4.78, 5) is 11.6. The Morgan fingerprint density at radius 3 is 2.88 bits per heavy atom. The summed E-state index contributed by atoms with van der Waals surface area (Å²) in [6, 6.07) is 5.27. The van der Waals surface area contributed by atoms with E-state index in [2.05, 4.69) is 10.7 Å². The first-order valence-corrected chi connectivity index (χ1v) is 5.23. The first kappa shape index (κ1) is 13.2. The maximum absolute atomic E-state index is 11.6. The van der Waals surface area contributed by atoms with Crippen LogP contribution in [0.5, 0.6) is 5.75 Å². The summed E-state index contributed by atoms with van der Waals surface area (Å²) in [6.07, 6.45) is 3.79. The highest BCUT2D eigenvalue weighted by molar-refractivity contribution is 5.97. The molecule has 0 atom stereocenters. The van der Waals surface area contributed by atoms with Crippen LogP contribution >= 0.6 is 0 Å². The normalized spacial score (nSPS) is 10.5. The molecule has 0 unspecified atom stereocenters. The third kappa shape index (κ3) is 3.58. The van der Waals surface area contributed by atoms with Crippen molar-refractivity contribution in [2.75, 3.05) is 20.7 Å². The highest BCUT2D eigenvalue weighted by atomic mass is 16.5. The van der Waals surface area contributed by atoms with Crippen LogP contribution in [0.2, 0.25) is 0 Å². The summed E-state index contributed by atoms with van der Waals surface area (Å²) < 4.78 is 5.07. The number of hydrazine groups is 1. The first-order valence-electron chi connectivity index (χ1n) is 5.23. The molecule has 1 amide bonds. The fourth-order valence-corrected chi connectivity index (χ4v) is 1.39. The fourth-order valence-electron chi connectivity index (χ4n) is 1.39. The maximum Gasteiger partial charge on any atom is 0.265 e. The average Bonchev–Trinajstić information content (AvgIpc) is 2.38. The molecule has 1 aromatic carbocycles. The topological polar surface area (TPSA) is 76.4 Å². The lowest BCUT2D eigenvalue weighted by molar-refractivity contribution is 0.0953. The molecule has 0 aromatic heterocycles. The minimum absolute atomic E-state index is 0.340. The quantitative estimate of drug-likeness (QED) is 0.395. The Hall–Kier alpha value is -1.85. The Morgan fingerprint density at radius 1 is 1.53 bits per heavy atom. The monoisotopic (exact) mass is 235 g/mol. The van der Waals surface area contributed by atoms with Crippen LogP contribution in [0, 0.1) is 0 Å². The summed E-state index contributed by atoms with van der Waals surface area (Å²) >= 11 is 0. The standard InChI is InChI=1S/C12H17N3O2/c1-14-7-3-4-9-5-6-10(17-2)8-11(9)12(16)15-13/h3-6,8,14H,7,13H2,1-2H3,(H,15,16). The summed E-state index contributed by atoms with van der Waals surface area (Å²) in [5, 5.41) is 2.99. The van der Waals surface area contributed by atoms with Crippen LogP contribution < -0.4 is 21.3 Å². The summed E-state index contributed by atoms with van der Waals surface area (Å²) in [7, 11) is 3.40. The number of amides is 1. The molecule has 0 aliphatic rings. The van der Waals surface area contributed by atoms with Crippen molar-refractivity contribution in [1.29, 1.82) is 0 Å². The lowest BCUT2D eigenvalue weighted by Crippen LogP contribution is -2.30. The maximum atomic E-state index is 11.6. The number of likely N-dealkylation sites (N-methyl/N-ethyl adjacent to an activating group) is 1. The van der Waals surface area contributed by atoms with Gasteiger partial charge in [0.25, 0.3) is 5.91 Å². The van der Waals surface area contributed by atoms with Gasteiger partial charge < -0.3 is 10.1 Å². The van der Waals surface area contributed by atoms with Crippen molar-refractivity contribution in [1.82, 2.24) is 10.7 Å². The van der Waals surface area contributed by atoms with E-state index >= 15 is 0 Å². The van der Waals surface area contributed by atoms with Crippen LogP contribution in [0.3, 0.4) is 0 Å². The van der Waals surface area contributed by atoms with Gasteiger partial charge in [-0.15, -0.1) is 0 Å². The minimum atomic E-state index is -0.340. The number of hydrogen-bond donors (Lipinski definition) is 3. The SMILES string of the molecule is CNCC=Cc1ccc(OC)cc1C(=O)NN. The van der Waals surface area contributed by atoms with Crippen LogP contribution in [-0.4, -0.2) is 26.6 Å². The number of ether oxygens (including phenoxy) is 1. The Kier molecular flexibility index (Phi) is 5.19. The minimum Gasteiger partial charge on any atom is -0.497 e. The van der Waals surface area contributed by atoms with E-state index in [0.29, 0.717) is 11.3 Å². The van der Waals surface area contributed by atoms with E-state index < -0.39 is 0 Å². The molecule has 0 bridgehead atoms. The molecule has 0 radical (unpaired) electrons. The molecule has 5 nitrogen and oxygen atoms in total. The lowest BCUT2D eigenvalue weighted by Gasteiger charge is -2.07. The molecule has 0 spiro atoms. The second-order valence-electron chi connectivity index (χ2n) is 3.39. The zero-order chi connectivity index (χ0) is 12.7. The molecule has 0 aliphatic heterocycles. The number of hydrogen-bond acceptors (Lipinski definition) is 4. The number of methoxy groups -OCH3 is 1. The fraction of sp³-hybridized carbons (Fsp3) is 0.250. The van der Waals surface area contributed by atoms with Crippen LogP contribution in [-0.2, 0) is 0 Å². The molecule has 0 heterocycles. The lowest BCUT2D eigenvalue weighted by atomic mass is 10.1. The van der Waals surface area contributed by atoms with Crippen molar-refractivity contribution < 1.29 is 9.53 Å². The summed E-state index contributed by atoms with van der Waals surface area (Å²) in [5.74, 6) is 5.42. The van der Waals surface area contributed by atoms with Gasteiger partial charge in [-0.1, -0.05) is 18.2 Å². The Morgan fingerprint density at radius 2 is 2.29 bits per heavy atom. The van der Waals surface area contributed by atoms with Crippen LogP contribution in [0.1, 0.15) is 15.9 Å². The number of benzene rings is 1. The van der Waals surface area contributed by atoms with Gasteiger partial charge in [0.1, 0.15) is 5.75 Å². The molecule has 0 saturated carbocycles. The smallest absolute Gasteiger partial charge is 0.265 e. The molecule has 1 rings (SSSR count). The molecule has 4 N–H and O–H groups in total. The van der Waals surface area contributed by atoms with E-state index in [1.807, 2.05) is 25.3 Å². The Balaban J connectivity index is 3.06. The van der Waals surface area contributed by atoms with E-state index in [9.17, 15) is 4.79 Å². The van der Waals surface area contributed by atoms with Gasteiger partial charge in [-0.05, 0) is 24.7 Å². The second kappa shape index (κ2) is 6.67. The van der Waals surface area contributed by atoms with E-state index in [-0.39, 0.29) is 5.91 Å². The van der Waals surface area contributed by atoms with Crippen molar-refractivity contribution in [2.45, 2.75) is 0 Å². The highest BCUT2D eigenvalue weighted by Crippen LogP contribution is 2.18. The zero-order valence-electron chi connectivity index (χ0n) is 9.99. The Labute approximate surface area is 101 Å². The highest BCUT2D eigenvalue weighted by Gasteiger charge is 2.09. The van der Waals surface area contributed by atoms with Crippen LogP contribution in [0.25, 0.3) is 6.08 Å². The number of carbonyl (C=O) groups excluding carboxylic acids is 1. The third-order valence-corrected chi connectivity index (χ3v) is 2.26. The molecular weight excluding hydrogens is 218 g/mol. The predicted molar refractivity (Wildman–Crippen MR) is 67.6 cm³/mol. The predicted octanol–water partition coefficient (Wildman–Crippen LogP) is 0.531. The molecule has 1 aromatic rings. The Bertz CT molecular complexity index is 416. The van der Waals surface area contributed by atoms with Gasteiger partial charge in [-0.3, -0.25) is 10.2 Å². The number of carbonyl (C=O) groups is 1. The number of rotatable bonds is 5. The average molecular weight is 235 g/mol. The molecule has 0 fully saturated rings. The van der Waals surface area contributed by atoms with E-state index in [0.717, 1.165) is 12.1 Å². The van der Waals surface area contributed by atoms with Crippen LogP contribution in [0.4, 0.5) is 0 Å². The van der Waals surface area contributed by atoms with Gasteiger partial charge in [0.15, 0.2) is 0 Å². The largest absolute Gasteiger partial charge is 0.497 e. The van der Waals surface area contributed by atoms with Gasteiger partial charge in [-0.2, -0.15) is 0 Å². The van der Waals surface area contributed by atoms with Gasteiger partial charge in [-0.25, -0.2) is 5.84 Å². The summed E-state index contributed by atoms with van der Waals surface area (Å²) in [6.45, 7) is 0.732. The van der Waals surface area contributed by atoms with Crippen molar-refractivity contribution in [3.63, 3.8) is 0 Å². The van der Waals surface area contributed by atoms with Crippen molar-refractivity contribution in [3.8, 4) is 5.75 Å². The second-order valence-corrected chi connectivity index (χ2v) is 3.39. The van der Waals surface area contributed by atoms with Gasteiger partial charge in [0, 0.05) is 6.54 Å². The molecule has 92 valence electrons. The first-order chi connectivity index (χ1) is 8.22. The molecule has 0 saturated heterocycles. The third-order valence-electron chi connectivity index (χ3n) is 2.26. The van der Waals surface area contributed by atoms with Gasteiger partial charge in [0.05, 0.1) is 12.7 Å². The van der Waals surface area contributed by atoms with Gasteiger partial charge >= 0.3 is 0 Å². The van der Waals surface area contributed by atoms with Gasteiger partial charge in [0.2, 0.25) is 0 Å². The zero-order valence-corrected chi connectivity index (χ0v) is 9.99. The molecule has 0 aliphatic carbocycles. The van der Waals surface area contributed by atoms with E-state index in [4.69, 9.17) is 10.6 Å². The van der Waals surface area contributed by atoms with Crippen LogP contribution in [0.15, 0.2) is 24.3 Å². The number of nitrogen functional groups attached to an aromatic ring is 1. The summed E-state index contributed by atoms with van der Waals surface area (Å²) in [5.41, 5.74) is 3.40. The molecular formula is C12H17N3O2. The number of nitrogens with two attached hydrogens (primary N) is 1. The van der Waals surface area contributed by atoms with E-state index in [1.54, 1.807) is 19.2 Å². The van der Waals surface area contributed by atoms with Crippen molar-refractivity contribution in [3.05, 3.63) is 35.4 Å². The molecule has 5 heteroatoms. The van der Waals surface area contributed by atoms with Crippen molar-refractivity contribution in [2.24, 2.45) is 5.84 Å². The molecule has 17 heavy (non-hydrogen) atoms. The van der Waals surface area contributed by atoms with Crippen molar-refractivity contribution >= 4 is 12.0 Å².